The normalized spacial score (nSPS) is 22.6. The Morgan fingerprint density at radius 1 is 1.00 bits per heavy atom. The maximum absolute atomic E-state index is 3.66. The number of hydrogen-bond acceptors (Lipinski definition) is 1. The zero-order valence-electron chi connectivity index (χ0n) is 11.5. The summed E-state index contributed by atoms with van der Waals surface area (Å²) in [4.78, 5) is 0. The molecule has 0 saturated carbocycles. The summed E-state index contributed by atoms with van der Waals surface area (Å²) in [5.41, 5.74) is 4.47. The van der Waals surface area contributed by atoms with E-state index >= 15 is 0 Å². The molecule has 3 rings (SSSR count). The van der Waals surface area contributed by atoms with Crippen LogP contribution in [0.1, 0.15) is 29.5 Å². The van der Waals surface area contributed by atoms with Gasteiger partial charge in [0.25, 0.3) is 0 Å². The van der Waals surface area contributed by atoms with Crippen LogP contribution in [0.25, 0.3) is 0 Å². The molecule has 1 aliphatic heterocycles. The highest BCUT2D eigenvalue weighted by Crippen LogP contribution is 2.27. The van der Waals surface area contributed by atoms with Crippen molar-refractivity contribution in [2.75, 3.05) is 6.54 Å². The molecule has 0 fully saturated rings. The van der Waals surface area contributed by atoms with Gasteiger partial charge in [0.1, 0.15) is 0 Å². The van der Waals surface area contributed by atoms with Crippen molar-refractivity contribution in [3.63, 3.8) is 0 Å². The van der Waals surface area contributed by atoms with Crippen LogP contribution in [-0.2, 0) is 12.8 Å². The second-order valence-corrected chi connectivity index (χ2v) is 5.60. The van der Waals surface area contributed by atoms with Crippen LogP contribution in [0.5, 0.6) is 0 Å². The van der Waals surface area contributed by atoms with Gasteiger partial charge in [-0.3, -0.25) is 0 Å². The number of hydrogen-bond donors (Lipinski definition) is 1. The molecule has 98 valence electrons. The SMILES string of the molecule is C[C@@H]1Cc2ccccc2[C@@H](Cc2ccccc2)CN1. The summed E-state index contributed by atoms with van der Waals surface area (Å²) in [6.07, 6.45) is 2.26. The third-order valence-electron chi connectivity index (χ3n) is 4.06. The van der Waals surface area contributed by atoms with Crippen molar-refractivity contribution in [1.82, 2.24) is 5.32 Å². The summed E-state index contributed by atoms with van der Waals surface area (Å²) < 4.78 is 0. The van der Waals surface area contributed by atoms with Gasteiger partial charge in [-0.2, -0.15) is 0 Å². The molecule has 1 heteroatoms. The lowest BCUT2D eigenvalue weighted by atomic mass is 9.88. The minimum absolute atomic E-state index is 0.571. The average Bonchev–Trinajstić information content (AvgIpc) is 2.60. The lowest BCUT2D eigenvalue weighted by molar-refractivity contribution is 0.525. The van der Waals surface area contributed by atoms with Crippen molar-refractivity contribution < 1.29 is 0 Å². The minimum Gasteiger partial charge on any atom is -0.313 e. The van der Waals surface area contributed by atoms with E-state index in [2.05, 4.69) is 66.8 Å². The highest BCUT2D eigenvalue weighted by molar-refractivity contribution is 5.34. The Kier molecular flexibility index (Phi) is 3.65. The molecule has 0 unspecified atom stereocenters. The van der Waals surface area contributed by atoms with Crippen LogP contribution in [0.4, 0.5) is 0 Å². The fourth-order valence-corrected chi connectivity index (χ4v) is 3.05. The van der Waals surface area contributed by atoms with Gasteiger partial charge < -0.3 is 5.32 Å². The van der Waals surface area contributed by atoms with Gasteiger partial charge >= 0.3 is 0 Å². The first-order valence-corrected chi connectivity index (χ1v) is 7.18. The van der Waals surface area contributed by atoms with Crippen molar-refractivity contribution in [3.8, 4) is 0 Å². The Bertz CT molecular complexity index is 532. The van der Waals surface area contributed by atoms with E-state index in [1.54, 1.807) is 0 Å². The van der Waals surface area contributed by atoms with Gasteiger partial charge in [-0.05, 0) is 36.5 Å². The number of fused-ring (bicyclic) bond motifs is 1. The van der Waals surface area contributed by atoms with Crippen LogP contribution in [0.15, 0.2) is 54.6 Å². The van der Waals surface area contributed by atoms with E-state index in [4.69, 9.17) is 0 Å². The third kappa shape index (κ3) is 2.87. The molecular weight excluding hydrogens is 230 g/mol. The minimum atomic E-state index is 0.571. The van der Waals surface area contributed by atoms with Crippen molar-refractivity contribution >= 4 is 0 Å². The summed E-state index contributed by atoms with van der Waals surface area (Å²) in [6.45, 7) is 3.36. The Hall–Kier alpha value is -1.60. The van der Waals surface area contributed by atoms with E-state index in [9.17, 15) is 0 Å². The molecule has 0 amide bonds. The fourth-order valence-electron chi connectivity index (χ4n) is 3.05. The van der Waals surface area contributed by atoms with Crippen LogP contribution in [0, 0.1) is 0 Å². The van der Waals surface area contributed by atoms with E-state index in [1.165, 1.54) is 16.7 Å². The zero-order valence-corrected chi connectivity index (χ0v) is 11.5. The van der Waals surface area contributed by atoms with Crippen molar-refractivity contribution in [3.05, 3.63) is 71.3 Å². The lowest BCUT2D eigenvalue weighted by Gasteiger charge is -2.17. The molecule has 1 nitrogen and oxygen atoms in total. The lowest BCUT2D eigenvalue weighted by Crippen LogP contribution is -2.29. The third-order valence-corrected chi connectivity index (χ3v) is 4.06. The van der Waals surface area contributed by atoms with E-state index in [1.807, 2.05) is 0 Å². The van der Waals surface area contributed by atoms with Crippen molar-refractivity contribution in [2.24, 2.45) is 0 Å². The quantitative estimate of drug-likeness (QED) is 0.860. The second kappa shape index (κ2) is 5.58. The molecule has 1 heterocycles. The first-order chi connectivity index (χ1) is 9.33. The van der Waals surface area contributed by atoms with Gasteiger partial charge in [-0.15, -0.1) is 0 Å². The molecule has 2 aromatic carbocycles. The molecule has 0 bridgehead atoms. The zero-order chi connectivity index (χ0) is 13.1. The van der Waals surface area contributed by atoms with Gasteiger partial charge in [0.2, 0.25) is 0 Å². The Morgan fingerprint density at radius 2 is 1.74 bits per heavy atom. The molecule has 0 aliphatic carbocycles. The molecule has 2 atom stereocenters. The first kappa shape index (κ1) is 12.4. The predicted octanol–water partition coefficient (Wildman–Crippen LogP) is 3.55. The topological polar surface area (TPSA) is 12.0 Å². The molecule has 19 heavy (non-hydrogen) atoms. The Morgan fingerprint density at radius 3 is 2.58 bits per heavy atom. The summed E-state index contributed by atoms with van der Waals surface area (Å²) in [5.74, 6) is 0.587. The summed E-state index contributed by atoms with van der Waals surface area (Å²) in [5, 5.41) is 3.66. The smallest absolute Gasteiger partial charge is 0.00794 e. The molecule has 0 spiro atoms. The molecule has 2 aromatic rings. The van der Waals surface area contributed by atoms with Crippen LogP contribution in [0.3, 0.4) is 0 Å². The summed E-state index contributed by atoms with van der Waals surface area (Å²) >= 11 is 0. The predicted molar refractivity (Wildman–Crippen MR) is 80.5 cm³/mol. The molecule has 1 aliphatic rings. The average molecular weight is 251 g/mol. The van der Waals surface area contributed by atoms with E-state index in [0.29, 0.717) is 12.0 Å². The number of benzene rings is 2. The Balaban J connectivity index is 1.89. The van der Waals surface area contributed by atoms with Gasteiger partial charge in [-0.1, -0.05) is 54.6 Å². The fraction of sp³-hybridized carbons (Fsp3) is 0.333. The monoisotopic (exact) mass is 251 g/mol. The number of nitrogens with one attached hydrogen (secondary N) is 1. The highest BCUT2D eigenvalue weighted by atomic mass is 14.9. The second-order valence-electron chi connectivity index (χ2n) is 5.60. The first-order valence-electron chi connectivity index (χ1n) is 7.18. The van der Waals surface area contributed by atoms with E-state index in [0.717, 1.165) is 19.4 Å². The molecule has 1 N–H and O–H groups in total. The van der Waals surface area contributed by atoms with E-state index in [-0.39, 0.29) is 0 Å². The van der Waals surface area contributed by atoms with E-state index < -0.39 is 0 Å². The largest absolute Gasteiger partial charge is 0.313 e. The van der Waals surface area contributed by atoms with Gasteiger partial charge in [-0.25, -0.2) is 0 Å². The van der Waals surface area contributed by atoms with Crippen LogP contribution < -0.4 is 5.32 Å². The molecular formula is C18H21N. The summed E-state index contributed by atoms with van der Waals surface area (Å²) in [6, 6.07) is 20.3. The molecule has 0 saturated heterocycles. The number of rotatable bonds is 2. The standard InChI is InChI=1S/C18H21N/c1-14-11-16-9-5-6-10-18(16)17(13-19-14)12-15-7-3-2-4-8-15/h2-10,14,17,19H,11-13H2,1H3/t14-,17+/m1/s1. The van der Waals surface area contributed by atoms with Gasteiger partial charge in [0, 0.05) is 18.5 Å². The van der Waals surface area contributed by atoms with Crippen LogP contribution >= 0.6 is 0 Å². The van der Waals surface area contributed by atoms with Crippen LogP contribution in [0.2, 0.25) is 0 Å². The van der Waals surface area contributed by atoms with Gasteiger partial charge in [0.05, 0.1) is 0 Å². The van der Waals surface area contributed by atoms with Gasteiger partial charge in [0.15, 0.2) is 0 Å². The highest BCUT2D eigenvalue weighted by Gasteiger charge is 2.21. The van der Waals surface area contributed by atoms with Crippen LogP contribution in [-0.4, -0.2) is 12.6 Å². The van der Waals surface area contributed by atoms with Crippen molar-refractivity contribution in [2.45, 2.75) is 31.7 Å². The Labute approximate surface area is 115 Å². The molecule has 0 radical (unpaired) electrons. The maximum atomic E-state index is 3.66. The maximum Gasteiger partial charge on any atom is 0.00794 e. The summed E-state index contributed by atoms with van der Waals surface area (Å²) in [7, 11) is 0. The molecule has 0 aromatic heterocycles. The van der Waals surface area contributed by atoms with Crippen molar-refractivity contribution in [1.29, 1.82) is 0 Å².